The summed E-state index contributed by atoms with van der Waals surface area (Å²) < 4.78 is 38.8. The lowest BCUT2D eigenvalue weighted by Crippen LogP contribution is -2.14. The fourth-order valence-corrected chi connectivity index (χ4v) is 3.04. The molecule has 23 heavy (non-hydrogen) atoms. The van der Waals surface area contributed by atoms with Crippen LogP contribution in [-0.4, -0.2) is 5.91 Å². The third kappa shape index (κ3) is 4.68. The monoisotopic (exact) mass is 400 g/mol. The summed E-state index contributed by atoms with van der Waals surface area (Å²) in [4.78, 5) is 12.7. The minimum absolute atomic E-state index is 0.0293. The molecule has 1 heterocycles. The minimum Gasteiger partial charge on any atom is -0.321 e. The number of benzene rings is 1. The Kier molecular flexibility index (Phi) is 5.23. The lowest BCUT2D eigenvalue weighted by atomic mass is 10.1. The van der Waals surface area contributed by atoms with E-state index in [-0.39, 0.29) is 11.3 Å². The molecule has 1 amide bonds. The highest BCUT2D eigenvalue weighted by Crippen LogP contribution is 2.31. The molecule has 2 aromatic rings. The van der Waals surface area contributed by atoms with Gasteiger partial charge in [-0.3, -0.25) is 4.79 Å². The van der Waals surface area contributed by atoms with Gasteiger partial charge in [0.2, 0.25) is 0 Å². The Bertz CT molecular complexity index is 806. The number of hydrogen-bond acceptors (Lipinski definition) is 3. The van der Waals surface area contributed by atoms with E-state index < -0.39 is 17.6 Å². The van der Waals surface area contributed by atoms with Crippen LogP contribution in [0.5, 0.6) is 0 Å². The SMILES string of the molecule is N#C/C(=C/c1ccc(Br)s1)C(=O)Nc1cccc(C(F)(F)F)c1. The van der Waals surface area contributed by atoms with Crippen LogP contribution < -0.4 is 5.32 Å². The minimum atomic E-state index is -4.50. The first-order valence-electron chi connectivity index (χ1n) is 6.15. The lowest BCUT2D eigenvalue weighted by molar-refractivity contribution is -0.137. The smallest absolute Gasteiger partial charge is 0.321 e. The zero-order valence-corrected chi connectivity index (χ0v) is 13.7. The molecule has 0 saturated carbocycles. The number of carbonyl (C=O) groups excluding carboxylic acids is 1. The average molecular weight is 401 g/mol. The maximum atomic E-state index is 12.6. The van der Waals surface area contributed by atoms with Crippen molar-refractivity contribution in [2.75, 3.05) is 5.32 Å². The Morgan fingerprint density at radius 3 is 2.61 bits per heavy atom. The van der Waals surface area contributed by atoms with Gasteiger partial charge in [0.1, 0.15) is 11.6 Å². The molecule has 0 fully saturated rings. The van der Waals surface area contributed by atoms with Gasteiger partial charge in [0, 0.05) is 10.6 Å². The standard InChI is InChI=1S/C15H8BrF3N2OS/c16-13-5-4-12(23-13)6-9(8-20)14(22)21-11-3-1-2-10(7-11)15(17,18)19/h1-7H,(H,21,22)/b9-6-. The number of nitriles is 1. The van der Waals surface area contributed by atoms with Crippen LogP contribution in [0.4, 0.5) is 18.9 Å². The number of thiophene rings is 1. The van der Waals surface area contributed by atoms with Crippen molar-refractivity contribution in [3.05, 3.63) is 56.2 Å². The zero-order chi connectivity index (χ0) is 17.0. The molecule has 0 spiro atoms. The molecule has 2 rings (SSSR count). The van der Waals surface area contributed by atoms with Gasteiger partial charge in [0.05, 0.1) is 9.35 Å². The van der Waals surface area contributed by atoms with Crippen molar-refractivity contribution in [2.45, 2.75) is 6.18 Å². The van der Waals surface area contributed by atoms with Crippen LogP contribution in [0, 0.1) is 11.3 Å². The molecule has 1 N–H and O–H groups in total. The number of hydrogen-bond donors (Lipinski definition) is 1. The molecule has 0 bridgehead atoms. The highest BCUT2D eigenvalue weighted by atomic mass is 79.9. The van der Waals surface area contributed by atoms with E-state index in [2.05, 4.69) is 21.2 Å². The van der Waals surface area contributed by atoms with E-state index >= 15 is 0 Å². The van der Waals surface area contributed by atoms with E-state index in [9.17, 15) is 18.0 Å². The van der Waals surface area contributed by atoms with Crippen LogP contribution in [0.2, 0.25) is 0 Å². The summed E-state index contributed by atoms with van der Waals surface area (Å²) in [6.07, 6.45) is -3.13. The summed E-state index contributed by atoms with van der Waals surface area (Å²) in [6.45, 7) is 0. The van der Waals surface area contributed by atoms with Gasteiger partial charge in [-0.1, -0.05) is 6.07 Å². The van der Waals surface area contributed by atoms with E-state index in [1.54, 1.807) is 18.2 Å². The first-order valence-corrected chi connectivity index (χ1v) is 7.76. The number of anilines is 1. The Balaban J connectivity index is 2.21. The predicted molar refractivity (Wildman–Crippen MR) is 85.7 cm³/mol. The van der Waals surface area contributed by atoms with Gasteiger partial charge in [0.25, 0.3) is 5.91 Å². The topological polar surface area (TPSA) is 52.9 Å². The van der Waals surface area contributed by atoms with Crippen molar-refractivity contribution >= 4 is 44.9 Å². The van der Waals surface area contributed by atoms with Crippen LogP contribution in [0.25, 0.3) is 6.08 Å². The number of amides is 1. The molecule has 0 atom stereocenters. The second-order valence-corrected chi connectivity index (χ2v) is 6.84. The maximum absolute atomic E-state index is 12.6. The van der Waals surface area contributed by atoms with Crippen molar-refractivity contribution in [3.8, 4) is 6.07 Å². The van der Waals surface area contributed by atoms with Gasteiger partial charge in [-0.2, -0.15) is 18.4 Å². The zero-order valence-electron chi connectivity index (χ0n) is 11.3. The normalized spacial score (nSPS) is 11.9. The van der Waals surface area contributed by atoms with E-state index in [1.807, 2.05) is 0 Å². The van der Waals surface area contributed by atoms with Crippen LogP contribution in [0.3, 0.4) is 0 Å². The molecule has 0 aliphatic rings. The lowest BCUT2D eigenvalue weighted by Gasteiger charge is -2.09. The van der Waals surface area contributed by atoms with E-state index in [0.29, 0.717) is 4.88 Å². The number of rotatable bonds is 3. The van der Waals surface area contributed by atoms with Gasteiger partial charge in [-0.15, -0.1) is 11.3 Å². The third-order valence-corrected chi connectivity index (χ3v) is 4.26. The molecule has 0 aliphatic carbocycles. The summed E-state index contributed by atoms with van der Waals surface area (Å²) in [7, 11) is 0. The van der Waals surface area contributed by atoms with Crippen molar-refractivity contribution in [3.63, 3.8) is 0 Å². The van der Waals surface area contributed by atoms with Crippen molar-refractivity contribution < 1.29 is 18.0 Å². The average Bonchev–Trinajstić information content (AvgIpc) is 2.89. The molecule has 0 aliphatic heterocycles. The van der Waals surface area contributed by atoms with Crippen molar-refractivity contribution in [2.24, 2.45) is 0 Å². The van der Waals surface area contributed by atoms with Gasteiger partial charge in [0.15, 0.2) is 0 Å². The van der Waals surface area contributed by atoms with Crippen molar-refractivity contribution in [1.29, 1.82) is 5.26 Å². The second kappa shape index (κ2) is 6.98. The molecule has 8 heteroatoms. The van der Waals surface area contributed by atoms with Gasteiger partial charge < -0.3 is 5.32 Å². The maximum Gasteiger partial charge on any atom is 0.416 e. The Morgan fingerprint density at radius 2 is 2.04 bits per heavy atom. The summed E-state index contributed by atoms with van der Waals surface area (Å²) in [5, 5.41) is 11.4. The molecule has 0 saturated heterocycles. The fraction of sp³-hybridized carbons (Fsp3) is 0.0667. The molecular formula is C15H8BrF3N2OS. The molecule has 1 aromatic carbocycles. The number of carbonyl (C=O) groups is 1. The molecular weight excluding hydrogens is 393 g/mol. The van der Waals surface area contributed by atoms with Crippen molar-refractivity contribution in [1.82, 2.24) is 0 Å². The van der Waals surface area contributed by atoms with Crippen LogP contribution in [0.15, 0.2) is 45.8 Å². The van der Waals surface area contributed by atoms with E-state index in [0.717, 1.165) is 15.9 Å². The summed E-state index contributed by atoms with van der Waals surface area (Å²) in [5.41, 5.74) is -1.10. The Morgan fingerprint density at radius 1 is 1.30 bits per heavy atom. The van der Waals surface area contributed by atoms with Crippen LogP contribution in [-0.2, 0) is 11.0 Å². The van der Waals surface area contributed by atoms with Gasteiger partial charge in [-0.05, 0) is 52.3 Å². The van der Waals surface area contributed by atoms with Crippen LogP contribution in [0.1, 0.15) is 10.4 Å². The summed E-state index contributed by atoms with van der Waals surface area (Å²) >= 11 is 4.58. The van der Waals surface area contributed by atoms with Crippen LogP contribution >= 0.6 is 27.3 Å². The first kappa shape index (κ1) is 17.2. The molecule has 0 unspecified atom stereocenters. The van der Waals surface area contributed by atoms with E-state index in [1.165, 1.54) is 29.5 Å². The number of halogens is 4. The Labute approximate surface area is 142 Å². The highest BCUT2D eigenvalue weighted by Gasteiger charge is 2.30. The first-order chi connectivity index (χ1) is 10.8. The van der Waals surface area contributed by atoms with E-state index in [4.69, 9.17) is 5.26 Å². The second-order valence-electron chi connectivity index (χ2n) is 4.34. The quantitative estimate of drug-likeness (QED) is 0.577. The number of alkyl halides is 3. The van der Waals surface area contributed by atoms with Gasteiger partial charge >= 0.3 is 6.18 Å². The Hall–Kier alpha value is -2.11. The number of nitrogens with one attached hydrogen (secondary N) is 1. The third-order valence-electron chi connectivity index (χ3n) is 2.69. The summed E-state index contributed by atoms with van der Waals surface area (Å²) in [6, 6.07) is 9.44. The molecule has 1 aromatic heterocycles. The summed E-state index contributed by atoms with van der Waals surface area (Å²) in [5.74, 6) is -0.767. The predicted octanol–water partition coefficient (Wildman–Crippen LogP) is 5.08. The fourth-order valence-electron chi connectivity index (χ4n) is 1.67. The molecule has 0 radical (unpaired) electrons. The van der Waals surface area contributed by atoms with Gasteiger partial charge in [-0.25, -0.2) is 0 Å². The number of nitrogens with zero attached hydrogens (tertiary/aromatic N) is 1. The largest absolute Gasteiger partial charge is 0.416 e. The molecule has 3 nitrogen and oxygen atoms in total. The highest BCUT2D eigenvalue weighted by molar-refractivity contribution is 9.11. The molecule has 118 valence electrons.